The first-order valence-corrected chi connectivity index (χ1v) is 10.7. The summed E-state index contributed by atoms with van der Waals surface area (Å²) in [6.45, 7) is 7.52. The molecule has 4 rings (SSSR count). The summed E-state index contributed by atoms with van der Waals surface area (Å²) in [6.07, 6.45) is -4.19. The molecule has 1 amide bonds. The van der Waals surface area contributed by atoms with Crippen LogP contribution in [0.2, 0.25) is 0 Å². The van der Waals surface area contributed by atoms with Crippen molar-refractivity contribution in [2.75, 3.05) is 0 Å². The Kier molecular flexibility index (Phi) is 6.11. The Morgan fingerprint density at radius 3 is 2.32 bits per heavy atom. The molecule has 3 aromatic heterocycles. The Morgan fingerprint density at radius 2 is 1.65 bits per heavy atom. The normalized spacial score (nSPS) is 11.9. The number of rotatable bonds is 6. The lowest BCUT2D eigenvalue weighted by atomic mass is 10.1. The van der Waals surface area contributed by atoms with Gasteiger partial charge >= 0.3 is 6.18 Å². The Balaban J connectivity index is 1.44. The first-order chi connectivity index (χ1) is 16.1. The fourth-order valence-corrected chi connectivity index (χ4v) is 3.96. The molecule has 1 aromatic carbocycles. The number of alkyl halides is 3. The molecule has 0 unspecified atom stereocenters. The molecule has 11 heteroatoms. The summed E-state index contributed by atoms with van der Waals surface area (Å²) in [6, 6.07) is 9.73. The molecule has 1 N–H and O–H groups in total. The topological polar surface area (TPSA) is 90.0 Å². The van der Waals surface area contributed by atoms with Crippen LogP contribution >= 0.6 is 0 Å². The number of aromatic nitrogens is 6. The number of benzene rings is 1. The van der Waals surface area contributed by atoms with Crippen molar-refractivity contribution in [1.29, 1.82) is 0 Å². The summed E-state index contributed by atoms with van der Waals surface area (Å²) in [4.78, 5) is 20.2. The number of amides is 1. The lowest BCUT2D eigenvalue weighted by Gasteiger charge is -2.11. The minimum absolute atomic E-state index is 0.114. The number of para-hydroxylation sites is 1. The minimum Gasteiger partial charge on any atom is -0.352 e. The Bertz CT molecular complexity index is 1360. The van der Waals surface area contributed by atoms with Gasteiger partial charge in [-0.15, -0.1) is 5.10 Å². The van der Waals surface area contributed by atoms with Crippen molar-refractivity contribution >= 4 is 11.7 Å². The van der Waals surface area contributed by atoms with E-state index in [4.69, 9.17) is 0 Å². The van der Waals surface area contributed by atoms with Gasteiger partial charge in [0.15, 0.2) is 0 Å². The maximum Gasteiger partial charge on any atom is 0.453 e. The molecule has 178 valence electrons. The number of halogens is 3. The van der Waals surface area contributed by atoms with Crippen LogP contribution in [0.25, 0.3) is 11.5 Å². The largest absolute Gasteiger partial charge is 0.453 e. The van der Waals surface area contributed by atoms with Gasteiger partial charge in [0.1, 0.15) is 0 Å². The number of aryl methyl sites for hydroxylation is 3. The highest BCUT2D eigenvalue weighted by Gasteiger charge is 2.37. The second kappa shape index (κ2) is 8.88. The standard InChI is InChI=1S/C23H24F3N7O/c1-13-18(15(3)33-22(28-13)29-21(31-33)23(24,25)26)10-11-20(34)27-12-19-14(2)30-32(16(19)4)17-8-6-5-7-9-17/h5-9H,10-12H2,1-4H3,(H,27,34). The van der Waals surface area contributed by atoms with E-state index in [0.717, 1.165) is 27.2 Å². The quantitative estimate of drug-likeness (QED) is 0.462. The third-order valence-electron chi connectivity index (χ3n) is 5.81. The number of hydrogen-bond acceptors (Lipinski definition) is 5. The van der Waals surface area contributed by atoms with Gasteiger partial charge < -0.3 is 5.32 Å². The summed E-state index contributed by atoms with van der Waals surface area (Å²) in [5, 5.41) is 11.0. The van der Waals surface area contributed by atoms with Crippen molar-refractivity contribution in [3.05, 3.63) is 70.1 Å². The van der Waals surface area contributed by atoms with Gasteiger partial charge in [0.2, 0.25) is 5.91 Å². The van der Waals surface area contributed by atoms with E-state index in [-0.39, 0.29) is 18.1 Å². The average molecular weight is 471 g/mol. The van der Waals surface area contributed by atoms with Crippen molar-refractivity contribution in [2.24, 2.45) is 0 Å². The van der Waals surface area contributed by atoms with E-state index in [1.54, 1.807) is 13.8 Å². The molecule has 0 saturated heterocycles. The molecule has 0 aliphatic rings. The van der Waals surface area contributed by atoms with Crippen LogP contribution in [0.5, 0.6) is 0 Å². The van der Waals surface area contributed by atoms with Gasteiger partial charge in [-0.1, -0.05) is 18.2 Å². The van der Waals surface area contributed by atoms with Gasteiger partial charge in [0.25, 0.3) is 11.6 Å². The minimum atomic E-state index is -4.65. The summed E-state index contributed by atoms with van der Waals surface area (Å²) in [5.41, 5.74) is 5.33. The van der Waals surface area contributed by atoms with Gasteiger partial charge in [0, 0.05) is 35.6 Å². The lowest BCUT2D eigenvalue weighted by Crippen LogP contribution is -2.24. The van der Waals surface area contributed by atoms with E-state index in [1.807, 2.05) is 48.9 Å². The third-order valence-corrected chi connectivity index (χ3v) is 5.81. The Hall–Kier alpha value is -3.76. The summed E-state index contributed by atoms with van der Waals surface area (Å²) in [7, 11) is 0. The highest BCUT2D eigenvalue weighted by molar-refractivity contribution is 5.76. The zero-order valence-electron chi connectivity index (χ0n) is 19.2. The summed E-state index contributed by atoms with van der Waals surface area (Å²) >= 11 is 0. The fraction of sp³-hybridized carbons (Fsp3) is 0.348. The van der Waals surface area contributed by atoms with Crippen molar-refractivity contribution in [2.45, 2.75) is 53.3 Å². The summed E-state index contributed by atoms with van der Waals surface area (Å²) in [5.74, 6) is -1.53. The number of nitrogens with one attached hydrogen (secondary N) is 1. The molecule has 0 spiro atoms. The monoisotopic (exact) mass is 471 g/mol. The molecule has 0 atom stereocenters. The van der Waals surface area contributed by atoms with Crippen molar-refractivity contribution < 1.29 is 18.0 Å². The van der Waals surface area contributed by atoms with E-state index in [9.17, 15) is 18.0 Å². The molecule has 4 aromatic rings. The van der Waals surface area contributed by atoms with Crippen LogP contribution in [0, 0.1) is 27.7 Å². The van der Waals surface area contributed by atoms with Crippen molar-refractivity contribution in [1.82, 2.24) is 34.7 Å². The molecular formula is C23H24F3N7O. The van der Waals surface area contributed by atoms with Crippen LogP contribution in [0.3, 0.4) is 0 Å². The molecule has 0 fully saturated rings. The highest BCUT2D eigenvalue weighted by Crippen LogP contribution is 2.27. The predicted molar refractivity (Wildman–Crippen MR) is 118 cm³/mol. The van der Waals surface area contributed by atoms with Crippen LogP contribution in [0.1, 0.15) is 46.1 Å². The zero-order valence-corrected chi connectivity index (χ0v) is 19.2. The lowest BCUT2D eigenvalue weighted by molar-refractivity contribution is -0.144. The van der Waals surface area contributed by atoms with E-state index >= 15 is 0 Å². The number of nitrogens with zero attached hydrogens (tertiary/aromatic N) is 6. The molecular weight excluding hydrogens is 447 g/mol. The van der Waals surface area contributed by atoms with Crippen LogP contribution in [-0.4, -0.2) is 35.3 Å². The molecule has 0 aliphatic carbocycles. The van der Waals surface area contributed by atoms with Gasteiger partial charge in [-0.05, 0) is 51.8 Å². The average Bonchev–Trinajstić information content (AvgIpc) is 3.34. The van der Waals surface area contributed by atoms with Crippen LogP contribution in [0.4, 0.5) is 13.2 Å². The maximum atomic E-state index is 13.0. The predicted octanol–water partition coefficient (Wildman–Crippen LogP) is 3.81. The summed E-state index contributed by atoms with van der Waals surface area (Å²) < 4.78 is 41.8. The number of carbonyl (C=O) groups is 1. The molecule has 34 heavy (non-hydrogen) atoms. The van der Waals surface area contributed by atoms with E-state index in [2.05, 4.69) is 25.5 Å². The molecule has 8 nitrogen and oxygen atoms in total. The van der Waals surface area contributed by atoms with E-state index in [1.165, 1.54) is 0 Å². The SMILES string of the molecule is Cc1nn(-c2ccccc2)c(C)c1CNC(=O)CCc1c(C)nc2nc(C(F)(F)F)nn2c1C. The number of fused-ring (bicyclic) bond motifs is 1. The molecule has 0 radical (unpaired) electrons. The van der Waals surface area contributed by atoms with Crippen LogP contribution in [0.15, 0.2) is 30.3 Å². The Morgan fingerprint density at radius 1 is 0.941 bits per heavy atom. The van der Waals surface area contributed by atoms with Gasteiger partial charge in [-0.2, -0.15) is 23.3 Å². The smallest absolute Gasteiger partial charge is 0.352 e. The van der Waals surface area contributed by atoms with Gasteiger partial charge in [-0.25, -0.2) is 14.2 Å². The van der Waals surface area contributed by atoms with Gasteiger partial charge in [-0.3, -0.25) is 4.79 Å². The second-order valence-electron chi connectivity index (χ2n) is 8.08. The number of hydrogen-bond donors (Lipinski definition) is 1. The first-order valence-electron chi connectivity index (χ1n) is 10.7. The molecule has 3 heterocycles. The highest BCUT2D eigenvalue weighted by atomic mass is 19.4. The zero-order chi connectivity index (χ0) is 24.6. The third kappa shape index (κ3) is 4.50. The van der Waals surface area contributed by atoms with Crippen molar-refractivity contribution in [3.63, 3.8) is 0 Å². The maximum absolute atomic E-state index is 13.0. The first kappa shape index (κ1) is 23.4. The second-order valence-corrected chi connectivity index (χ2v) is 8.08. The molecule has 0 aliphatic heterocycles. The fourth-order valence-electron chi connectivity index (χ4n) is 3.96. The Labute approximate surface area is 193 Å². The number of carbonyl (C=O) groups excluding carboxylic acids is 1. The van der Waals surface area contributed by atoms with Crippen molar-refractivity contribution in [3.8, 4) is 5.69 Å². The van der Waals surface area contributed by atoms with Crippen LogP contribution < -0.4 is 5.32 Å². The van der Waals surface area contributed by atoms with E-state index < -0.39 is 12.0 Å². The van der Waals surface area contributed by atoms with Crippen LogP contribution in [-0.2, 0) is 23.9 Å². The molecule has 0 saturated carbocycles. The van der Waals surface area contributed by atoms with E-state index in [0.29, 0.717) is 29.9 Å². The molecule has 0 bridgehead atoms. The van der Waals surface area contributed by atoms with Gasteiger partial charge in [0.05, 0.1) is 11.4 Å².